The zero-order valence-electron chi connectivity index (χ0n) is 11.8. The van der Waals surface area contributed by atoms with Gasteiger partial charge in [-0.15, -0.1) is 0 Å². The zero-order chi connectivity index (χ0) is 15.9. The van der Waals surface area contributed by atoms with Crippen molar-refractivity contribution in [1.82, 2.24) is 10.7 Å². The lowest BCUT2D eigenvalue weighted by Gasteiger charge is -2.04. The number of nitrogens with zero attached hydrogens (tertiary/aromatic N) is 1. The number of carbonyl (C=O) groups is 2. The van der Waals surface area contributed by atoms with E-state index in [1.807, 2.05) is 0 Å². The number of rotatable bonds is 5. The molecular weight excluding hydrogens is 289 g/mol. The highest BCUT2D eigenvalue weighted by molar-refractivity contribution is 5.96. The quantitative estimate of drug-likeness (QED) is 0.650. The Bertz CT molecular complexity index is 710. The number of hydrogen-bond donors (Lipinski definition) is 2. The Labute approximate surface area is 126 Å². The Balaban J connectivity index is 1.79. The van der Waals surface area contributed by atoms with E-state index >= 15 is 0 Å². The van der Waals surface area contributed by atoms with Gasteiger partial charge in [0, 0.05) is 0 Å². The molecule has 6 nitrogen and oxygen atoms in total. The average Bonchev–Trinajstić information content (AvgIpc) is 2.91. The van der Waals surface area contributed by atoms with E-state index in [4.69, 9.17) is 4.42 Å². The van der Waals surface area contributed by atoms with E-state index in [1.54, 1.807) is 19.1 Å². The largest absolute Gasteiger partial charge is 0.460 e. The number of nitrogens with one attached hydrogen (secondary N) is 2. The second kappa shape index (κ2) is 7.16. The van der Waals surface area contributed by atoms with Crippen molar-refractivity contribution in [3.8, 4) is 0 Å². The summed E-state index contributed by atoms with van der Waals surface area (Å²) in [5.74, 6) is -0.632. The standard InChI is InChI=1S/C15H14FN3O3/c1-10-6-7-11(22-10)8-18-19-14(20)9-17-15(21)12-4-2-3-5-13(12)16/h2-8H,9H2,1H3,(H,17,21)(H,19,20)/b18-8-. The summed E-state index contributed by atoms with van der Waals surface area (Å²) in [5.41, 5.74) is 2.10. The van der Waals surface area contributed by atoms with Crippen molar-refractivity contribution in [3.05, 3.63) is 59.3 Å². The molecule has 0 saturated heterocycles. The molecule has 2 rings (SSSR count). The van der Waals surface area contributed by atoms with Crippen LogP contribution in [-0.2, 0) is 4.79 Å². The van der Waals surface area contributed by atoms with Gasteiger partial charge in [0.1, 0.15) is 17.3 Å². The van der Waals surface area contributed by atoms with Crippen LogP contribution >= 0.6 is 0 Å². The lowest BCUT2D eigenvalue weighted by Crippen LogP contribution is -2.35. The summed E-state index contributed by atoms with van der Waals surface area (Å²) in [6.07, 6.45) is 1.34. The van der Waals surface area contributed by atoms with E-state index in [2.05, 4.69) is 15.8 Å². The van der Waals surface area contributed by atoms with Gasteiger partial charge in [-0.25, -0.2) is 9.82 Å². The van der Waals surface area contributed by atoms with Gasteiger partial charge in [-0.3, -0.25) is 9.59 Å². The minimum absolute atomic E-state index is 0.120. The average molecular weight is 303 g/mol. The van der Waals surface area contributed by atoms with E-state index in [-0.39, 0.29) is 12.1 Å². The lowest BCUT2D eigenvalue weighted by molar-refractivity contribution is -0.120. The molecule has 2 amide bonds. The zero-order valence-corrected chi connectivity index (χ0v) is 11.8. The van der Waals surface area contributed by atoms with E-state index in [9.17, 15) is 14.0 Å². The van der Waals surface area contributed by atoms with Crippen molar-refractivity contribution in [2.45, 2.75) is 6.92 Å². The minimum atomic E-state index is -0.668. The maximum absolute atomic E-state index is 13.4. The molecule has 0 radical (unpaired) electrons. The molecule has 0 fully saturated rings. The molecule has 0 saturated carbocycles. The van der Waals surface area contributed by atoms with Gasteiger partial charge in [-0.2, -0.15) is 5.10 Å². The number of hydrogen-bond acceptors (Lipinski definition) is 4. The molecule has 22 heavy (non-hydrogen) atoms. The molecule has 1 aromatic carbocycles. The second-order valence-electron chi connectivity index (χ2n) is 4.40. The number of carbonyl (C=O) groups excluding carboxylic acids is 2. The molecule has 0 atom stereocenters. The third-order valence-corrected chi connectivity index (χ3v) is 2.67. The molecule has 0 aliphatic carbocycles. The smallest absolute Gasteiger partial charge is 0.259 e. The first-order valence-electron chi connectivity index (χ1n) is 6.47. The lowest BCUT2D eigenvalue weighted by atomic mass is 10.2. The Morgan fingerprint density at radius 3 is 2.73 bits per heavy atom. The Hall–Kier alpha value is -2.96. The second-order valence-corrected chi connectivity index (χ2v) is 4.40. The van der Waals surface area contributed by atoms with Gasteiger partial charge in [0.25, 0.3) is 11.8 Å². The van der Waals surface area contributed by atoms with Gasteiger partial charge in [-0.1, -0.05) is 12.1 Å². The molecule has 0 aliphatic rings. The fourth-order valence-electron chi connectivity index (χ4n) is 1.63. The Morgan fingerprint density at radius 2 is 2.05 bits per heavy atom. The SMILES string of the molecule is Cc1ccc(/C=N\NC(=O)CNC(=O)c2ccccc2F)o1. The number of halogens is 1. The Morgan fingerprint density at radius 1 is 1.27 bits per heavy atom. The van der Waals surface area contributed by atoms with Crippen LogP contribution in [0.1, 0.15) is 21.9 Å². The highest BCUT2D eigenvalue weighted by Gasteiger charge is 2.11. The molecule has 1 aromatic heterocycles. The molecule has 0 aliphatic heterocycles. The monoisotopic (exact) mass is 303 g/mol. The molecule has 2 N–H and O–H groups in total. The first-order chi connectivity index (χ1) is 10.6. The maximum atomic E-state index is 13.4. The first kappa shape index (κ1) is 15.4. The summed E-state index contributed by atoms with van der Waals surface area (Å²) in [6.45, 7) is 1.47. The van der Waals surface area contributed by atoms with E-state index in [0.717, 1.165) is 5.76 Å². The van der Waals surface area contributed by atoms with Crippen LogP contribution < -0.4 is 10.7 Å². The van der Waals surface area contributed by atoms with Crippen LogP contribution in [0.2, 0.25) is 0 Å². The van der Waals surface area contributed by atoms with Gasteiger partial charge in [-0.05, 0) is 31.2 Å². The summed E-state index contributed by atoms with van der Waals surface area (Å²) in [5, 5.41) is 5.98. The fraction of sp³-hybridized carbons (Fsp3) is 0.133. The van der Waals surface area contributed by atoms with Crippen LogP contribution in [0.5, 0.6) is 0 Å². The summed E-state index contributed by atoms with van der Waals surface area (Å²) < 4.78 is 18.6. The van der Waals surface area contributed by atoms with E-state index < -0.39 is 17.6 Å². The molecule has 0 bridgehead atoms. The van der Waals surface area contributed by atoms with Crippen LogP contribution in [0.3, 0.4) is 0 Å². The number of aryl methyl sites for hydroxylation is 1. The molecule has 114 valence electrons. The minimum Gasteiger partial charge on any atom is -0.460 e. The van der Waals surface area contributed by atoms with Crippen molar-refractivity contribution in [2.24, 2.45) is 5.10 Å². The maximum Gasteiger partial charge on any atom is 0.259 e. The van der Waals surface area contributed by atoms with Crippen LogP contribution in [-0.4, -0.2) is 24.6 Å². The van der Waals surface area contributed by atoms with Gasteiger partial charge in [0.15, 0.2) is 0 Å². The van der Waals surface area contributed by atoms with Crippen LogP contribution in [0.15, 0.2) is 45.9 Å². The predicted octanol–water partition coefficient (Wildman–Crippen LogP) is 1.61. The van der Waals surface area contributed by atoms with Crippen molar-refractivity contribution in [3.63, 3.8) is 0 Å². The summed E-state index contributed by atoms with van der Waals surface area (Å²) in [7, 11) is 0. The molecule has 7 heteroatoms. The summed E-state index contributed by atoms with van der Waals surface area (Å²) in [4.78, 5) is 23.2. The number of amides is 2. The molecule has 0 unspecified atom stereocenters. The highest BCUT2D eigenvalue weighted by atomic mass is 19.1. The highest BCUT2D eigenvalue weighted by Crippen LogP contribution is 2.05. The van der Waals surface area contributed by atoms with E-state index in [0.29, 0.717) is 5.76 Å². The predicted molar refractivity (Wildman–Crippen MR) is 77.9 cm³/mol. The normalized spacial score (nSPS) is 10.6. The van der Waals surface area contributed by atoms with Crippen molar-refractivity contribution in [1.29, 1.82) is 0 Å². The molecule has 0 spiro atoms. The number of hydrazone groups is 1. The topological polar surface area (TPSA) is 83.7 Å². The fourth-order valence-corrected chi connectivity index (χ4v) is 1.63. The molecular formula is C15H14FN3O3. The third-order valence-electron chi connectivity index (χ3n) is 2.67. The summed E-state index contributed by atoms with van der Waals surface area (Å²) >= 11 is 0. The van der Waals surface area contributed by atoms with E-state index in [1.165, 1.54) is 30.5 Å². The van der Waals surface area contributed by atoms with Gasteiger partial charge in [0.05, 0.1) is 18.3 Å². The number of benzene rings is 1. The number of furan rings is 1. The van der Waals surface area contributed by atoms with Crippen LogP contribution in [0, 0.1) is 12.7 Å². The van der Waals surface area contributed by atoms with Gasteiger partial charge < -0.3 is 9.73 Å². The van der Waals surface area contributed by atoms with Crippen molar-refractivity contribution >= 4 is 18.0 Å². The van der Waals surface area contributed by atoms with Crippen molar-refractivity contribution < 1.29 is 18.4 Å². The summed E-state index contributed by atoms with van der Waals surface area (Å²) in [6, 6.07) is 8.98. The van der Waals surface area contributed by atoms with Crippen LogP contribution in [0.4, 0.5) is 4.39 Å². The molecule has 2 aromatic rings. The van der Waals surface area contributed by atoms with Crippen LogP contribution in [0.25, 0.3) is 0 Å². The Kier molecular flexibility index (Phi) is 5.02. The molecule has 1 heterocycles. The van der Waals surface area contributed by atoms with Crippen molar-refractivity contribution in [2.75, 3.05) is 6.54 Å². The first-order valence-corrected chi connectivity index (χ1v) is 6.47. The van der Waals surface area contributed by atoms with Gasteiger partial charge >= 0.3 is 0 Å². The van der Waals surface area contributed by atoms with Gasteiger partial charge in [0.2, 0.25) is 0 Å². The third kappa shape index (κ3) is 4.27.